The number of carbonyl (C=O) groups excluding carboxylic acids is 2. The van der Waals surface area contributed by atoms with Gasteiger partial charge < -0.3 is 15.1 Å². The lowest BCUT2D eigenvalue weighted by Crippen LogP contribution is -2.51. The van der Waals surface area contributed by atoms with Crippen molar-refractivity contribution in [3.8, 4) is 0 Å². The number of para-hydroxylation sites is 1. The number of fused-ring (bicyclic) bond motifs is 1. The first kappa shape index (κ1) is 23.4. The smallest absolute Gasteiger partial charge is 0.321 e. The van der Waals surface area contributed by atoms with Gasteiger partial charge in [0, 0.05) is 55.8 Å². The molecule has 2 aliphatic rings. The highest BCUT2D eigenvalue weighted by Crippen LogP contribution is 2.35. The van der Waals surface area contributed by atoms with E-state index in [-0.39, 0.29) is 30.0 Å². The molecule has 3 aromatic rings. The van der Waals surface area contributed by atoms with Gasteiger partial charge in [-0.1, -0.05) is 29.8 Å². The summed E-state index contributed by atoms with van der Waals surface area (Å²) in [4.78, 5) is 46.8. The summed E-state index contributed by atoms with van der Waals surface area (Å²) in [5.74, 6) is 0.694. The lowest BCUT2D eigenvalue weighted by Gasteiger charge is -2.34. The summed E-state index contributed by atoms with van der Waals surface area (Å²) in [7, 11) is 0. The minimum atomic E-state index is -0.203. The first-order valence-electron chi connectivity index (χ1n) is 12.0. The largest absolute Gasteiger partial charge is 0.339 e. The Morgan fingerprint density at radius 2 is 1.77 bits per heavy atom. The maximum atomic E-state index is 13.0. The molecule has 3 amide bonds. The molecule has 1 saturated heterocycles. The van der Waals surface area contributed by atoms with Crippen LogP contribution in [0, 0.1) is 6.92 Å². The van der Waals surface area contributed by atoms with Crippen LogP contribution < -0.4 is 10.9 Å². The van der Waals surface area contributed by atoms with Crippen molar-refractivity contribution in [2.75, 3.05) is 31.5 Å². The molecule has 1 aliphatic carbocycles. The molecule has 35 heavy (non-hydrogen) atoms. The average molecular weight is 494 g/mol. The van der Waals surface area contributed by atoms with Crippen LogP contribution in [-0.2, 0) is 11.2 Å². The predicted molar refractivity (Wildman–Crippen MR) is 136 cm³/mol. The molecule has 2 fully saturated rings. The standard InChI is InChI=1S/C26H28ClN5O3/c1-17-6-7-18(16-21(17)27)28-26(35)31-14-12-30(13-15-31)24(33)11-10-23-29-22-5-3-2-4-20(22)25(34)32(23)19-8-9-19/h2-7,16,19H,8-15H2,1H3,(H,28,35). The van der Waals surface area contributed by atoms with Gasteiger partial charge in [0.25, 0.3) is 5.56 Å². The van der Waals surface area contributed by atoms with E-state index in [4.69, 9.17) is 16.6 Å². The van der Waals surface area contributed by atoms with Crippen LogP contribution in [-0.4, -0.2) is 57.5 Å². The molecule has 9 heteroatoms. The van der Waals surface area contributed by atoms with E-state index >= 15 is 0 Å². The zero-order valence-corrected chi connectivity index (χ0v) is 20.4. The van der Waals surface area contributed by atoms with Crippen LogP contribution in [0.2, 0.25) is 5.02 Å². The zero-order chi connectivity index (χ0) is 24.5. The fourth-order valence-corrected chi connectivity index (χ4v) is 4.67. The third-order valence-electron chi connectivity index (χ3n) is 6.70. The summed E-state index contributed by atoms with van der Waals surface area (Å²) in [6.45, 7) is 3.77. The van der Waals surface area contributed by atoms with Crippen molar-refractivity contribution in [2.45, 2.75) is 38.6 Å². The van der Waals surface area contributed by atoms with Crippen molar-refractivity contribution in [2.24, 2.45) is 0 Å². The van der Waals surface area contributed by atoms with Crippen LogP contribution in [0.3, 0.4) is 0 Å². The van der Waals surface area contributed by atoms with Gasteiger partial charge in [-0.25, -0.2) is 9.78 Å². The Hall–Kier alpha value is -3.39. The third kappa shape index (κ3) is 5.03. The summed E-state index contributed by atoms with van der Waals surface area (Å²) in [6.07, 6.45) is 2.65. The van der Waals surface area contributed by atoms with E-state index in [2.05, 4.69) is 5.32 Å². The lowest BCUT2D eigenvalue weighted by molar-refractivity contribution is -0.132. The molecule has 0 radical (unpaired) electrons. The van der Waals surface area contributed by atoms with Crippen molar-refractivity contribution in [1.29, 1.82) is 0 Å². The van der Waals surface area contributed by atoms with E-state index in [9.17, 15) is 14.4 Å². The molecule has 0 spiro atoms. The Morgan fingerprint density at radius 1 is 1.06 bits per heavy atom. The number of hydrogen-bond donors (Lipinski definition) is 1. The summed E-state index contributed by atoms with van der Waals surface area (Å²) < 4.78 is 1.79. The van der Waals surface area contributed by atoms with Crippen LogP contribution in [0.1, 0.15) is 36.7 Å². The molecular weight excluding hydrogens is 466 g/mol. The minimum absolute atomic E-state index is 0.0140. The topological polar surface area (TPSA) is 87.5 Å². The van der Waals surface area contributed by atoms with Gasteiger partial charge in [0.2, 0.25) is 5.91 Å². The number of rotatable bonds is 5. The van der Waals surface area contributed by atoms with Crippen molar-refractivity contribution in [1.82, 2.24) is 19.4 Å². The summed E-state index contributed by atoms with van der Waals surface area (Å²) in [6, 6.07) is 12.8. The number of anilines is 1. The van der Waals surface area contributed by atoms with E-state index in [0.29, 0.717) is 60.0 Å². The maximum Gasteiger partial charge on any atom is 0.321 e. The van der Waals surface area contributed by atoms with E-state index in [1.165, 1.54) is 0 Å². The maximum absolute atomic E-state index is 13.0. The van der Waals surface area contributed by atoms with Crippen molar-refractivity contribution in [3.63, 3.8) is 0 Å². The number of aryl methyl sites for hydroxylation is 2. The van der Waals surface area contributed by atoms with Crippen LogP contribution in [0.4, 0.5) is 10.5 Å². The molecule has 2 heterocycles. The van der Waals surface area contributed by atoms with Crippen molar-refractivity contribution >= 4 is 40.1 Å². The normalized spacial score (nSPS) is 15.9. The van der Waals surface area contributed by atoms with E-state index in [1.54, 1.807) is 20.4 Å². The highest BCUT2D eigenvalue weighted by Gasteiger charge is 2.29. The predicted octanol–water partition coefficient (Wildman–Crippen LogP) is 4.00. The van der Waals surface area contributed by atoms with Gasteiger partial charge in [0.15, 0.2) is 0 Å². The summed E-state index contributed by atoms with van der Waals surface area (Å²) >= 11 is 6.15. The summed E-state index contributed by atoms with van der Waals surface area (Å²) in [5.41, 5.74) is 2.25. The van der Waals surface area contributed by atoms with Gasteiger partial charge in [-0.15, -0.1) is 0 Å². The van der Waals surface area contributed by atoms with Crippen LogP contribution in [0.15, 0.2) is 47.3 Å². The number of halogens is 1. The van der Waals surface area contributed by atoms with Gasteiger partial charge in [-0.05, 0) is 49.6 Å². The highest BCUT2D eigenvalue weighted by atomic mass is 35.5. The fraction of sp³-hybridized carbons (Fsp3) is 0.385. The number of nitrogens with one attached hydrogen (secondary N) is 1. The average Bonchev–Trinajstić information content (AvgIpc) is 3.70. The second-order valence-corrected chi connectivity index (χ2v) is 9.62. The zero-order valence-electron chi connectivity index (χ0n) is 19.7. The molecule has 1 saturated carbocycles. The van der Waals surface area contributed by atoms with Gasteiger partial charge in [0.05, 0.1) is 10.9 Å². The molecular formula is C26H28ClN5O3. The first-order chi connectivity index (χ1) is 16.9. The van der Waals surface area contributed by atoms with E-state index < -0.39 is 0 Å². The van der Waals surface area contributed by atoms with Gasteiger partial charge in [-0.3, -0.25) is 14.2 Å². The molecule has 2 aromatic carbocycles. The van der Waals surface area contributed by atoms with E-state index in [0.717, 1.165) is 18.4 Å². The Bertz CT molecular complexity index is 1340. The summed E-state index contributed by atoms with van der Waals surface area (Å²) in [5, 5.41) is 4.10. The molecule has 0 atom stereocenters. The van der Waals surface area contributed by atoms with Gasteiger partial charge in [0.1, 0.15) is 5.82 Å². The van der Waals surface area contributed by atoms with Crippen LogP contribution in [0.5, 0.6) is 0 Å². The van der Waals surface area contributed by atoms with Gasteiger partial charge in [-0.2, -0.15) is 0 Å². The van der Waals surface area contributed by atoms with Crippen LogP contribution >= 0.6 is 11.6 Å². The number of carbonyl (C=O) groups is 2. The van der Waals surface area contributed by atoms with E-state index in [1.807, 2.05) is 43.3 Å². The molecule has 0 bridgehead atoms. The molecule has 1 aromatic heterocycles. The number of nitrogens with zero attached hydrogens (tertiary/aromatic N) is 4. The SMILES string of the molecule is Cc1ccc(NC(=O)N2CCN(C(=O)CCc3nc4ccccc4c(=O)n3C3CC3)CC2)cc1Cl. The second kappa shape index (κ2) is 9.70. The molecule has 0 unspecified atom stereocenters. The Kier molecular flexibility index (Phi) is 6.47. The molecule has 182 valence electrons. The minimum Gasteiger partial charge on any atom is -0.339 e. The second-order valence-electron chi connectivity index (χ2n) is 9.21. The monoisotopic (exact) mass is 493 g/mol. The van der Waals surface area contributed by atoms with Gasteiger partial charge >= 0.3 is 6.03 Å². The highest BCUT2D eigenvalue weighted by molar-refractivity contribution is 6.31. The third-order valence-corrected chi connectivity index (χ3v) is 7.11. The molecule has 1 aliphatic heterocycles. The quantitative estimate of drug-likeness (QED) is 0.582. The molecule has 8 nitrogen and oxygen atoms in total. The first-order valence-corrected chi connectivity index (χ1v) is 12.4. The number of amides is 3. The Labute approximate surface area is 208 Å². The van der Waals surface area contributed by atoms with Crippen LogP contribution in [0.25, 0.3) is 10.9 Å². The molecule has 5 rings (SSSR count). The van der Waals surface area contributed by atoms with Crippen molar-refractivity contribution in [3.05, 3.63) is 69.2 Å². The number of urea groups is 1. The lowest BCUT2D eigenvalue weighted by atomic mass is 10.2. The number of aromatic nitrogens is 2. The molecule has 1 N–H and O–H groups in total. The fourth-order valence-electron chi connectivity index (χ4n) is 4.49. The number of piperazine rings is 1. The Balaban J connectivity index is 1.18. The number of hydrogen-bond acceptors (Lipinski definition) is 4. The number of benzene rings is 2. The van der Waals surface area contributed by atoms with Crippen molar-refractivity contribution < 1.29 is 9.59 Å². The Morgan fingerprint density at radius 3 is 2.49 bits per heavy atom.